The molecule has 3 rings (SSSR count). The second-order valence-electron chi connectivity index (χ2n) is 5.54. The number of hydrogen-bond donors (Lipinski definition) is 1. The van der Waals surface area contributed by atoms with Crippen molar-refractivity contribution >= 4 is 0 Å². The summed E-state index contributed by atoms with van der Waals surface area (Å²) < 4.78 is 5.66. The number of furan rings is 1. The zero-order valence-electron chi connectivity index (χ0n) is 10.3. The van der Waals surface area contributed by atoms with Gasteiger partial charge in [0.25, 0.3) is 0 Å². The van der Waals surface area contributed by atoms with Gasteiger partial charge >= 0.3 is 0 Å². The van der Waals surface area contributed by atoms with Gasteiger partial charge in [-0.15, -0.1) is 0 Å². The monoisotopic (exact) mass is 220 g/mol. The molecular weight excluding hydrogens is 200 g/mol. The lowest BCUT2D eigenvalue weighted by Crippen LogP contribution is -2.12. The maximum atomic E-state index is 10.9. The molecule has 2 heteroatoms. The number of fused-ring (bicyclic) bond motifs is 1. The van der Waals surface area contributed by atoms with E-state index in [0.29, 0.717) is 11.8 Å². The Morgan fingerprint density at radius 1 is 1.06 bits per heavy atom. The van der Waals surface area contributed by atoms with Gasteiger partial charge in [-0.3, -0.25) is 0 Å². The summed E-state index contributed by atoms with van der Waals surface area (Å²) in [5.41, 5.74) is 1.71. The van der Waals surface area contributed by atoms with Crippen molar-refractivity contribution in [1.82, 2.24) is 0 Å². The van der Waals surface area contributed by atoms with Gasteiger partial charge in [0.1, 0.15) is 11.5 Å². The molecule has 2 aliphatic rings. The molecule has 0 radical (unpaired) electrons. The van der Waals surface area contributed by atoms with E-state index in [0.717, 1.165) is 22.6 Å². The lowest BCUT2D eigenvalue weighted by atomic mass is 9.99. The highest BCUT2D eigenvalue weighted by Crippen LogP contribution is 2.65. The van der Waals surface area contributed by atoms with E-state index >= 15 is 0 Å². The maximum Gasteiger partial charge on any atom is 0.107 e. The number of rotatable bonds is 1. The molecule has 1 aromatic rings. The van der Waals surface area contributed by atoms with Crippen LogP contribution in [0.4, 0.5) is 0 Å². The van der Waals surface area contributed by atoms with Crippen LogP contribution >= 0.6 is 0 Å². The highest BCUT2D eigenvalue weighted by atomic mass is 16.3. The molecule has 2 unspecified atom stereocenters. The van der Waals surface area contributed by atoms with Crippen LogP contribution in [-0.4, -0.2) is 5.11 Å². The van der Waals surface area contributed by atoms with E-state index in [1.165, 1.54) is 25.7 Å². The first-order valence-electron chi connectivity index (χ1n) is 6.36. The zero-order chi connectivity index (χ0) is 11.5. The van der Waals surface area contributed by atoms with Gasteiger partial charge in [0.2, 0.25) is 0 Å². The fourth-order valence-corrected chi connectivity index (χ4v) is 3.84. The average Bonchev–Trinajstić information content (AvgIpc) is 2.76. The van der Waals surface area contributed by atoms with Crippen molar-refractivity contribution in [1.29, 1.82) is 0 Å². The molecule has 88 valence electrons. The molecule has 2 saturated carbocycles. The van der Waals surface area contributed by atoms with Crippen molar-refractivity contribution in [3.63, 3.8) is 0 Å². The molecule has 16 heavy (non-hydrogen) atoms. The highest BCUT2D eigenvalue weighted by molar-refractivity contribution is 5.42. The van der Waals surface area contributed by atoms with Gasteiger partial charge in [-0.25, -0.2) is 0 Å². The molecule has 2 nitrogen and oxygen atoms in total. The quantitative estimate of drug-likeness (QED) is 0.788. The summed E-state index contributed by atoms with van der Waals surface area (Å²) in [4.78, 5) is 0. The topological polar surface area (TPSA) is 33.4 Å². The molecular formula is C14H20O2. The van der Waals surface area contributed by atoms with E-state index in [4.69, 9.17) is 4.42 Å². The van der Waals surface area contributed by atoms with Crippen LogP contribution in [0.15, 0.2) is 4.42 Å². The fraction of sp³-hybridized carbons (Fsp3) is 0.714. The Balaban J connectivity index is 2.04. The van der Waals surface area contributed by atoms with Crippen molar-refractivity contribution in [2.24, 2.45) is 11.8 Å². The predicted octanol–water partition coefficient (Wildman–Crippen LogP) is 3.21. The average molecular weight is 220 g/mol. The van der Waals surface area contributed by atoms with Gasteiger partial charge in [0, 0.05) is 5.56 Å². The fourth-order valence-electron chi connectivity index (χ4n) is 3.84. The van der Waals surface area contributed by atoms with Crippen LogP contribution in [-0.2, 0) is 5.60 Å². The molecule has 1 N–H and O–H groups in total. The van der Waals surface area contributed by atoms with E-state index < -0.39 is 5.60 Å². The van der Waals surface area contributed by atoms with Crippen molar-refractivity contribution < 1.29 is 9.52 Å². The molecule has 0 spiro atoms. The third-order valence-electron chi connectivity index (χ3n) is 4.75. The minimum absolute atomic E-state index is 0.496. The third-order valence-corrected chi connectivity index (χ3v) is 4.75. The van der Waals surface area contributed by atoms with Crippen molar-refractivity contribution in [3.8, 4) is 0 Å². The molecule has 2 aliphatic carbocycles. The summed E-state index contributed by atoms with van der Waals surface area (Å²) in [7, 11) is 0. The standard InChI is InChI=1S/C14H20O2/c1-8-9(2)16-10(3)13(8)14(15)11-6-4-5-7-12(11)14/h11-12,15H,4-7H2,1-3H3. The maximum absolute atomic E-state index is 10.9. The Morgan fingerprint density at radius 2 is 1.62 bits per heavy atom. The van der Waals surface area contributed by atoms with Gasteiger partial charge in [-0.2, -0.15) is 0 Å². The molecule has 0 aromatic carbocycles. The van der Waals surface area contributed by atoms with E-state index in [9.17, 15) is 5.11 Å². The normalized spacial score (nSPS) is 37.2. The molecule has 1 aromatic heterocycles. The molecule has 0 saturated heterocycles. The molecule has 2 atom stereocenters. The first-order chi connectivity index (χ1) is 7.56. The summed E-state index contributed by atoms with van der Waals surface area (Å²) >= 11 is 0. The summed E-state index contributed by atoms with van der Waals surface area (Å²) in [5.74, 6) is 2.88. The van der Waals surface area contributed by atoms with Crippen molar-refractivity contribution in [3.05, 3.63) is 22.6 Å². The minimum Gasteiger partial charge on any atom is -0.466 e. The van der Waals surface area contributed by atoms with Crippen LogP contribution in [0.25, 0.3) is 0 Å². The lowest BCUT2D eigenvalue weighted by molar-refractivity contribution is 0.115. The van der Waals surface area contributed by atoms with E-state index in [-0.39, 0.29) is 0 Å². The SMILES string of the molecule is Cc1oc(C)c(C2(O)C3CCCCC32)c1C. The Labute approximate surface area is 96.7 Å². The highest BCUT2D eigenvalue weighted by Gasteiger charge is 2.66. The van der Waals surface area contributed by atoms with Crippen molar-refractivity contribution in [2.45, 2.75) is 52.1 Å². The predicted molar refractivity (Wildman–Crippen MR) is 62.3 cm³/mol. The number of aliphatic hydroxyl groups is 1. The number of hydrogen-bond acceptors (Lipinski definition) is 2. The molecule has 0 bridgehead atoms. The van der Waals surface area contributed by atoms with Gasteiger partial charge in [-0.1, -0.05) is 12.8 Å². The Kier molecular flexibility index (Phi) is 2.03. The molecule has 0 aliphatic heterocycles. The second kappa shape index (κ2) is 3.13. The second-order valence-corrected chi connectivity index (χ2v) is 5.54. The van der Waals surface area contributed by atoms with Crippen molar-refractivity contribution in [2.75, 3.05) is 0 Å². The van der Waals surface area contributed by atoms with Crippen LogP contribution in [0.5, 0.6) is 0 Å². The molecule has 2 fully saturated rings. The first-order valence-corrected chi connectivity index (χ1v) is 6.36. The Morgan fingerprint density at radius 3 is 2.06 bits per heavy atom. The summed E-state index contributed by atoms with van der Waals surface area (Å²) in [6.45, 7) is 6.04. The van der Waals surface area contributed by atoms with E-state index in [1.807, 2.05) is 13.8 Å². The minimum atomic E-state index is -0.553. The number of aryl methyl sites for hydroxylation is 2. The Bertz CT molecular complexity index is 418. The van der Waals surface area contributed by atoms with Gasteiger partial charge < -0.3 is 9.52 Å². The molecule has 1 heterocycles. The Hall–Kier alpha value is -0.760. The summed E-state index contributed by atoms with van der Waals surface area (Å²) in [6, 6.07) is 0. The van der Waals surface area contributed by atoms with E-state index in [2.05, 4.69) is 6.92 Å². The lowest BCUT2D eigenvalue weighted by Gasteiger charge is -2.11. The summed E-state index contributed by atoms with van der Waals surface area (Å²) in [5, 5.41) is 10.9. The summed E-state index contributed by atoms with van der Waals surface area (Å²) in [6.07, 6.45) is 4.92. The molecule has 0 amide bonds. The van der Waals surface area contributed by atoms with Crippen LogP contribution in [0, 0.1) is 32.6 Å². The largest absolute Gasteiger partial charge is 0.466 e. The van der Waals surface area contributed by atoms with E-state index in [1.54, 1.807) is 0 Å². The zero-order valence-corrected chi connectivity index (χ0v) is 10.3. The smallest absolute Gasteiger partial charge is 0.107 e. The van der Waals surface area contributed by atoms with Crippen LogP contribution in [0.3, 0.4) is 0 Å². The van der Waals surface area contributed by atoms with Crippen LogP contribution in [0.1, 0.15) is 48.3 Å². The first kappa shape index (κ1) is 10.4. The third kappa shape index (κ3) is 1.11. The van der Waals surface area contributed by atoms with Crippen LogP contribution in [0.2, 0.25) is 0 Å². The van der Waals surface area contributed by atoms with Crippen LogP contribution < -0.4 is 0 Å². The van der Waals surface area contributed by atoms with Gasteiger partial charge in [-0.05, 0) is 51.0 Å². The van der Waals surface area contributed by atoms with Gasteiger partial charge in [0.05, 0.1) is 5.60 Å². The van der Waals surface area contributed by atoms with Gasteiger partial charge in [0.15, 0.2) is 0 Å².